The summed E-state index contributed by atoms with van der Waals surface area (Å²) in [5, 5.41) is 7.97. The summed E-state index contributed by atoms with van der Waals surface area (Å²) in [6.07, 6.45) is 2.85. The number of esters is 1. The highest BCUT2D eigenvalue weighted by atomic mass is 79.9. The van der Waals surface area contributed by atoms with E-state index in [1.807, 2.05) is 5.38 Å². The Hall–Kier alpha value is -0.920. The third kappa shape index (κ3) is 3.59. The van der Waals surface area contributed by atoms with E-state index in [0.717, 1.165) is 35.8 Å². The fourth-order valence-electron chi connectivity index (χ4n) is 2.15. The van der Waals surface area contributed by atoms with Gasteiger partial charge in [-0.2, -0.15) is 0 Å². The van der Waals surface area contributed by atoms with E-state index in [9.17, 15) is 9.59 Å². The Kier molecular flexibility index (Phi) is 5.56. The molecule has 0 radical (unpaired) electrons. The van der Waals surface area contributed by atoms with Gasteiger partial charge in [0.1, 0.15) is 4.88 Å². The maximum atomic E-state index is 11.9. The van der Waals surface area contributed by atoms with Gasteiger partial charge in [-0.3, -0.25) is 4.79 Å². The van der Waals surface area contributed by atoms with Crippen LogP contribution in [-0.2, 0) is 16.1 Å². The number of methoxy groups -OCH3 is 1. The van der Waals surface area contributed by atoms with Crippen LogP contribution in [0, 0.1) is 0 Å². The quantitative estimate of drug-likeness (QED) is 0.806. The predicted molar refractivity (Wildman–Crippen MR) is 80.8 cm³/mol. The molecule has 2 N–H and O–H groups in total. The fraction of sp³-hybridized carbons (Fsp3) is 0.538. The van der Waals surface area contributed by atoms with Crippen LogP contribution in [0.3, 0.4) is 0 Å². The molecule has 20 heavy (non-hydrogen) atoms. The number of carbonyl (C=O) groups is 2. The Morgan fingerprint density at radius 2 is 2.40 bits per heavy atom. The van der Waals surface area contributed by atoms with Crippen LogP contribution in [0.2, 0.25) is 0 Å². The Morgan fingerprint density at radius 3 is 3.15 bits per heavy atom. The number of hydrogen-bond acceptors (Lipinski definition) is 5. The van der Waals surface area contributed by atoms with Gasteiger partial charge < -0.3 is 15.4 Å². The molecule has 0 bridgehead atoms. The average Bonchev–Trinajstić information content (AvgIpc) is 2.68. The minimum Gasteiger partial charge on any atom is -0.465 e. The van der Waals surface area contributed by atoms with E-state index in [1.165, 1.54) is 18.4 Å². The molecule has 1 atom stereocenters. The van der Waals surface area contributed by atoms with E-state index in [-0.39, 0.29) is 17.9 Å². The number of hydrogen-bond donors (Lipinski definition) is 2. The lowest BCUT2D eigenvalue weighted by Gasteiger charge is -2.15. The topological polar surface area (TPSA) is 67.4 Å². The van der Waals surface area contributed by atoms with Crippen LogP contribution in [0.15, 0.2) is 9.85 Å². The smallest absolute Gasteiger partial charge is 0.348 e. The molecule has 1 aromatic heterocycles. The molecule has 2 heterocycles. The number of rotatable bonds is 4. The average molecular weight is 361 g/mol. The number of thiophene rings is 1. The summed E-state index contributed by atoms with van der Waals surface area (Å²) in [6.45, 7) is 1.21. The third-order valence-electron chi connectivity index (χ3n) is 3.27. The van der Waals surface area contributed by atoms with Gasteiger partial charge in [0.05, 0.1) is 13.2 Å². The molecule has 7 heteroatoms. The van der Waals surface area contributed by atoms with Gasteiger partial charge in [0, 0.05) is 28.5 Å². The molecule has 0 aliphatic carbocycles. The van der Waals surface area contributed by atoms with Crippen LogP contribution in [-0.4, -0.2) is 31.6 Å². The molecule has 110 valence electrons. The van der Waals surface area contributed by atoms with Crippen molar-refractivity contribution in [3.05, 3.63) is 20.3 Å². The SMILES string of the molecule is COC(=O)c1scc(Br)c1CN[C@H]1CCCCNC1=O. The first kappa shape index (κ1) is 15.5. The lowest BCUT2D eigenvalue weighted by atomic mass is 10.1. The highest BCUT2D eigenvalue weighted by Crippen LogP contribution is 2.28. The Morgan fingerprint density at radius 1 is 1.60 bits per heavy atom. The number of carbonyl (C=O) groups excluding carboxylic acids is 2. The molecule has 1 saturated heterocycles. The fourth-order valence-corrected chi connectivity index (χ4v) is 3.77. The second-order valence-corrected chi connectivity index (χ2v) is 6.34. The summed E-state index contributed by atoms with van der Waals surface area (Å²) in [4.78, 5) is 24.1. The van der Waals surface area contributed by atoms with Crippen molar-refractivity contribution >= 4 is 39.1 Å². The van der Waals surface area contributed by atoms with Crippen molar-refractivity contribution in [1.82, 2.24) is 10.6 Å². The highest BCUT2D eigenvalue weighted by molar-refractivity contribution is 9.10. The van der Waals surface area contributed by atoms with Crippen molar-refractivity contribution in [2.75, 3.05) is 13.7 Å². The number of amides is 1. The summed E-state index contributed by atoms with van der Waals surface area (Å²) in [6, 6.07) is -0.199. The first-order chi connectivity index (χ1) is 9.63. The lowest BCUT2D eigenvalue weighted by Crippen LogP contribution is -2.42. The predicted octanol–water partition coefficient (Wildman–Crippen LogP) is 2.06. The number of ether oxygens (including phenoxy) is 1. The van der Waals surface area contributed by atoms with Gasteiger partial charge in [-0.15, -0.1) is 11.3 Å². The molecule has 0 unspecified atom stereocenters. The van der Waals surface area contributed by atoms with Crippen LogP contribution in [0.1, 0.15) is 34.5 Å². The first-order valence-electron chi connectivity index (χ1n) is 6.48. The van der Waals surface area contributed by atoms with Crippen molar-refractivity contribution in [3.8, 4) is 0 Å². The van der Waals surface area contributed by atoms with Gasteiger partial charge in [0.25, 0.3) is 0 Å². The van der Waals surface area contributed by atoms with Crippen molar-refractivity contribution < 1.29 is 14.3 Å². The zero-order valence-electron chi connectivity index (χ0n) is 11.2. The lowest BCUT2D eigenvalue weighted by molar-refractivity contribution is -0.122. The van der Waals surface area contributed by atoms with Gasteiger partial charge in [-0.05, 0) is 35.2 Å². The van der Waals surface area contributed by atoms with Crippen LogP contribution >= 0.6 is 27.3 Å². The third-order valence-corrected chi connectivity index (χ3v) is 5.29. The van der Waals surface area contributed by atoms with Crippen LogP contribution < -0.4 is 10.6 Å². The summed E-state index contributed by atoms with van der Waals surface area (Å²) in [5.74, 6) is -0.309. The first-order valence-corrected chi connectivity index (χ1v) is 8.16. The minimum absolute atomic E-state index is 0.0356. The molecule has 1 amide bonds. The summed E-state index contributed by atoms with van der Waals surface area (Å²) in [7, 11) is 1.37. The summed E-state index contributed by atoms with van der Waals surface area (Å²) < 4.78 is 5.63. The number of halogens is 1. The minimum atomic E-state index is -0.345. The van der Waals surface area contributed by atoms with Gasteiger partial charge in [-0.25, -0.2) is 4.79 Å². The molecule has 2 rings (SSSR count). The maximum Gasteiger partial charge on any atom is 0.348 e. The zero-order valence-corrected chi connectivity index (χ0v) is 13.6. The van der Waals surface area contributed by atoms with Gasteiger partial charge in [0.2, 0.25) is 5.91 Å². The molecule has 0 saturated carbocycles. The molecule has 0 aromatic carbocycles. The van der Waals surface area contributed by atoms with Crippen molar-refractivity contribution in [2.45, 2.75) is 31.8 Å². The standard InChI is InChI=1S/C13H17BrN2O3S/c1-19-13(18)11-8(9(14)7-20-11)6-16-10-4-2-3-5-15-12(10)17/h7,10,16H,2-6H2,1H3,(H,15,17)/t10-/m0/s1. The largest absolute Gasteiger partial charge is 0.465 e. The molecule has 1 aliphatic heterocycles. The molecule has 1 fully saturated rings. The summed E-state index contributed by atoms with van der Waals surface area (Å²) in [5.41, 5.74) is 0.846. The number of nitrogens with one attached hydrogen (secondary N) is 2. The van der Waals surface area contributed by atoms with Crippen LogP contribution in [0.5, 0.6) is 0 Å². The Bertz CT molecular complexity index is 504. The van der Waals surface area contributed by atoms with E-state index in [2.05, 4.69) is 26.6 Å². The van der Waals surface area contributed by atoms with Crippen molar-refractivity contribution in [2.24, 2.45) is 0 Å². The van der Waals surface area contributed by atoms with Gasteiger partial charge in [-0.1, -0.05) is 0 Å². The normalized spacial score (nSPS) is 19.3. The molecule has 1 aliphatic rings. The van der Waals surface area contributed by atoms with E-state index in [1.54, 1.807) is 0 Å². The van der Waals surface area contributed by atoms with E-state index >= 15 is 0 Å². The van der Waals surface area contributed by atoms with Crippen LogP contribution in [0.4, 0.5) is 0 Å². The second kappa shape index (κ2) is 7.19. The van der Waals surface area contributed by atoms with Gasteiger partial charge in [0.15, 0.2) is 0 Å². The second-order valence-electron chi connectivity index (χ2n) is 4.60. The molecule has 5 nitrogen and oxygen atoms in total. The van der Waals surface area contributed by atoms with Crippen molar-refractivity contribution in [3.63, 3.8) is 0 Å². The van der Waals surface area contributed by atoms with Crippen molar-refractivity contribution in [1.29, 1.82) is 0 Å². The monoisotopic (exact) mass is 360 g/mol. The van der Waals surface area contributed by atoms with E-state index in [0.29, 0.717) is 11.4 Å². The van der Waals surface area contributed by atoms with E-state index < -0.39 is 0 Å². The summed E-state index contributed by atoms with van der Waals surface area (Å²) >= 11 is 4.77. The zero-order chi connectivity index (χ0) is 14.5. The van der Waals surface area contributed by atoms with Crippen LogP contribution in [0.25, 0.3) is 0 Å². The molecule has 1 aromatic rings. The Balaban J connectivity index is 2.04. The highest BCUT2D eigenvalue weighted by Gasteiger charge is 2.22. The van der Waals surface area contributed by atoms with E-state index in [4.69, 9.17) is 4.74 Å². The Labute approximate surface area is 130 Å². The molecule has 0 spiro atoms. The van der Waals surface area contributed by atoms with Gasteiger partial charge >= 0.3 is 5.97 Å². The molecular weight excluding hydrogens is 344 g/mol. The maximum absolute atomic E-state index is 11.9. The molecular formula is C13H17BrN2O3S.